The van der Waals surface area contributed by atoms with Gasteiger partial charge in [-0.05, 0) is 64.3 Å². The number of hydrogen-bond acceptors (Lipinski definition) is 3. The van der Waals surface area contributed by atoms with Gasteiger partial charge in [-0.3, -0.25) is 4.90 Å². The normalized spacial score (nSPS) is 18.3. The lowest BCUT2D eigenvalue weighted by Gasteiger charge is -2.32. The number of rotatable bonds is 6. The number of nitrogens with zero attached hydrogens (tertiary/aromatic N) is 1. The Hall–Kier alpha value is -1.17. The van der Waals surface area contributed by atoms with Crippen LogP contribution in [0.2, 0.25) is 0 Å². The Morgan fingerprint density at radius 2 is 1.96 bits per heavy atom. The van der Waals surface area contributed by atoms with E-state index in [4.69, 9.17) is 0 Å². The quantitative estimate of drug-likeness (QED) is 0.813. The monoisotopic (exact) mass is 336 g/mol. The molecule has 0 aromatic heterocycles. The maximum atomic E-state index is 12.4. The van der Waals surface area contributed by atoms with E-state index in [1.165, 1.54) is 5.57 Å². The predicted octanol–water partition coefficient (Wildman–Crippen LogP) is 2.95. The lowest BCUT2D eigenvalue weighted by atomic mass is 9.97. The van der Waals surface area contributed by atoms with Crippen LogP contribution in [0.3, 0.4) is 0 Å². The van der Waals surface area contributed by atoms with E-state index in [9.17, 15) is 8.42 Å². The van der Waals surface area contributed by atoms with Gasteiger partial charge < -0.3 is 0 Å². The Kier molecular flexibility index (Phi) is 6.39. The minimum absolute atomic E-state index is 0.390. The minimum Gasteiger partial charge on any atom is -0.299 e. The minimum atomic E-state index is -3.40. The number of likely N-dealkylation sites (tertiary alicyclic amines) is 1. The molecular weight excluding hydrogens is 308 g/mol. The molecule has 128 valence electrons. The van der Waals surface area contributed by atoms with Crippen molar-refractivity contribution in [2.45, 2.75) is 38.5 Å². The van der Waals surface area contributed by atoms with E-state index in [1.54, 1.807) is 12.1 Å². The summed E-state index contributed by atoms with van der Waals surface area (Å²) in [6.45, 7) is 9.70. The molecule has 1 N–H and O–H groups in total. The molecule has 1 heterocycles. The summed E-state index contributed by atoms with van der Waals surface area (Å²) in [6, 6.07) is 7.12. The van der Waals surface area contributed by atoms with Gasteiger partial charge in [0.15, 0.2) is 0 Å². The van der Waals surface area contributed by atoms with Crippen molar-refractivity contribution >= 4 is 10.0 Å². The molecule has 1 aliphatic heterocycles. The SMILES string of the molecule is C/C=C(\C)CN1CCC(CNS(=O)(=O)c2ccccc2C)CC1. The summed E-state index contributed by atoms with van der Waals surface area (Å²) in [5.74, 6) is 0.427. The van der Waals surface area contributed by atoms with E-state index >= 15 is 0 Å². The van der Waals surface area contributed by atoms with Crippen LogP contribution >= 0.6 is 0 Å². The third kappa shape index (κ3) is 5.16. The smallest absolute Gasteiger partial charge is 0.240 e. The fourth-order valence-corrected chi connectivity index (χ4v) is 4.32. The van der Waals surface area contributed by atoms with Crippen LogP contribution in [-0.2, 0) is 10.0 Å². The summed E-state index contributed by atoms with van der Waals surface area (Å²) < 4.78 is 27.6. The van der Waals surface area contributed by atoms with Crippen molar-refractivity contribution in [1.29, 1.82) is 0 Å². The van der Waals surface area contributed by atoms with Crippen molar-refractivity contribution in [2.75, 3.05) is 26.2 Å². The highest BCUT2D eigenvalue weighted by molar-refractivity contribution is 7.89. The van der Waals surface area contributed by atoms with E-state index in [0.717, 1.165) is 38.0 Å². The van der Waals surface area contributed by atoms with Crippen molar-refractivity contribution in [3.63, 3.8) is 0 Å². The molecule has 0 atom stereocenters. The maximum absolute atomic E-state index is 12.4. The third-order valence-corrected chi connectivity index (χ3v) is 6.20. The molecule has 5 heteroatoms. The van der Waals surface area contributed by atoms with Crippen LogP contribution in [-0.4, -0.2) is 39.5 Å². The number of hydrogen-bond donors (Lipinski definition) is 1. The molecule has 1 saturated heterocycles. The van der Waals surface area contributed by atoms with E-state index < -0.39 is 10.0 Å². The van der Waals surface area contributed by atoms with Gasteiger partial charge in [0.25, 0.3) is 0 Å². The number of sulfonamides is 1. The van der Waals surface area contributed by atoms with Gasteiger partial charge in [0, 0.05) is 13.1 Å². The Labute approximate surface area is 140 Å². The average Bonchev–Trinajstić information content (AvgIpc) is 2.54. The molecule has 1 aliphatic rings. The first-order chi connectivity index (χ1) is 10.9. The van der Waals surface area contributed by atoms with Crippen LogP contribution in [0.1, 0.15) is 32.3 Å². The fourth-order valence-electron chi connectivity index (χ4n) is 2.96. The zero-order chi connectivity index (χ0) is 16.9. The molecule has 4 nitrogen and oxygen atoms in total. The van der Waals surface area contributed by atoms with Crippen molar-refractivity contribution in [1.82, 2.24) is 9.62 Å². The van der Waals surface area contributed by atoms with Gasteiger partial charge >= 0.3 is 0 Å². The van der Waals surface area contributed by atoms with E-state index in [2.05, 4.69) is 29.5 Å². The van der Waals surface area contributed by atoms with E-state index in [0.29, 0.717) is 17.4 Å². The molecule has 2 rings (SSSR count). The van der Waals surface area contributed by atoms with Crippen molar-refractivity contribution in [3.05, 3.63) is 41.5 Å². The molecule has 0 bridgehead atoms. The number of allylic oxidation sites excluding steroid dienone is 1. The van der Waals surface area contributed by atoms with Gasteiger partial charge in [-0.2, -0.15) is 0 Å². The summed E-state index contributed by atoms with van der Waals surface area (Å²) in [6.07, 6.45) is 4.25. The average molecular weight is 337 g/mol. The number of nitrogens with one attached hydrogen (secondary N) is 1. The topological polar surface area (TPSA) is 49.4 Å². The molecule has 0 spiro atoms. The molecule has 23 heavy (non-hydrogen) atoms. The van der Waals surface area contributed by atoms with Crippen LogP contribution in [0, 0.1) is 12.8 Å². The van der Waals surface area contributed by atoms with Crippen LogP contribution in [0.25, 0.3) is 0 Å². The molecule has 0 radical (unpaired) electrons. The Balaban J connectivity index is 1.85. The zero-order valence-electron chi connectivity index (χ0n) is 14.4. The van der Waals surface area contributed by atoms with Crippen molar-refractivity contribution < 1.29 is 8.42 Å². The third-order valence-electron chi connectivity index (χ3n) is 4.62. The van der Waals surface area contributed by atoms with Gasteiger partial charge in [-0.15, -0.1) is 0 Å². The summed E-state index contributed by atoms with van der Waals surface area (Å²) in [4.78, 5) is 2.84. The number of aryl methyl sites for hydroxylation is 1. The van der Waals surface area contributed by atoms with Crippen LogP contribution < -0.4 is 4.72 Å². The fraction of sp³-hybridized carbons (Fsp3) is 0.556. The molecular formula is C18H28N2O2S. The number of piperidine rings is 1. The molecule has 1 aromatic rings. The summed E-state index contributed by atoms with van der Waals surface area (Å²) in [5, 5.41) is 0. The first-order valence-electron chi connectivity index (χ1n) is 8.32. The summed E-state index contributed by atoms with van der Waals surface area (Å²) in [5.41, 5.74) is 2.18. The Bertz CT molecular complexity index is 645. The lowest BCUT2D eigenvalue weighted by Crippen LogP contribution is -2.39. The number of benzene rings is 1. The molecule has 0 aliphatic carbocycles. The van der Waals surface area contributed by atoms with Crippen molar-refractivity contribution in [3.8, 4) is 0 Å². The second kappa shape index (κ2) is 8.08. The second-order valence-corrected chi connectivity index (χ2v) is 8.21. The molecule has 0 unspecified atom stereocenters. The second-order valence-electron chi connectivity index (χ2n) is 6.47. The zero-order valence-corrected chi connectivity index (χ0v) is 15.2. The Morgan fingerprint density at radius 3 is 2.57 bits per heavy atom. The van der Waals surface area contributed by atoms with Gasteiger partial charge in [0.1, 0.15) is 0 Å². The standard InChI is InChI=1S/C18H28N2O2S/c1-4-15(2)14-20-11-9-17(10-12-20)13-19-23(21,22)18-8-6-5-7-16(18)3/h4-8,17,19H,9-14H2,1-3H3/b15-4+. The summed E-state index contributed by atoms with van der Waals surface area (Å²) in [7, 11) is -3.40. The first-order valence-corrected chi connectivity index (χ1v) is 9.80. The van der Waals surface area contributed by atoms with Crippen LogP contribution in [0.4, 0.5) is 0 Å². The lowest BCUT2D eigenvalue weighted by molar-refractivity contribution is 0.198. The van der Waals surface area contributed by atoms with E-state index in [-0.39, 0.29) is 0 Å². The predicted molar refractivity (Wildman–Crippen MR) is 95.0 cm³/mol. The first kappa shape index (κ1) is 18.2. The van der Waals surface area contributed by atoms with Crippen molar-refractivity contribution in [2.24, 2.45) is 5.92 Å². The van der Waals surface area contributed by atoms with Crippen LogP contribution in [0.15, 0.2) is 40.8 Å². The maximum Gasteiger partial charge on any atom is 0.240 e. The highest BCUT2D eigenvalue weighted by atomic mass is 32.2. The molecule has 1 fully saturated rings. The Morgan fingerprint density at radius 1 is 1.30 bits per heavy atom. The highest BCUT2D eigenvalue weighted by Crippen LogP contribution is 2.19. The largest absolute Gasteiger partial charge is 0.299 e. The van der Waals surface area contributed by atoms with Gasteiger partial charge in [0.05, 0.1) is 4.90 Å². The van der Waals surface area contributed by atoms with E-state index in [1.807, 2.05) is 19.1 Å². The molecule has 0 saturated carbocycles. The molecule has 1 aromatic carbocycles. The van der Waals surface area contributed by atoms with Gasteiger partial charge in [-0.1, -0.05) is 29.8 Å². The summed E-state index contributed by atoms with van der Waals surface area (Å²) >= 11 is 0. The molecule has 0 amide bonds. The van der Waals surface area contributed by atoms with Gasteiger partial charge in [0.2, 0.25) is 10.0 Å². The highest BCUT2D eigenvalue weighted by Gasteiger charge is 2.22. The van der Waals surface area contributed by atoms with Crippen LogP contribution in [0.5, 0.6) is 0 Å². The van der Waals surface area contributed by atoms with Gasteiger partial charge in [-0.25, -0.2) is 13.1 Å².